The van der Waals surface area contributed by atoms with E-state index in [9.17, 15) is 4.79 Å². The number of benzene rings is 1. The van der Waals surface area contributed by atoms with E-state index in [-0.39, 0.29) is 11.0 Å². The molecule has 0 amide bonds. The van der Waals surface area contributed by atoms with Crippen molar-refractivity contribution in [3.05, 3.63) is 47.9 Å². The van der Waals surface area contributed by atoms with Gasteiger partial charge in [0.05, 0.1) is 19.5 Å². The highest BCUT2D eigenvalue weighted by atomic mass is 32.2. The minimum Gasteiger partial charge on any atom is -0.497 e. The summed E-state index contributed by atoms with van der Waals surface area (Å²) in [5.41, 5.74) is 0.950. The Hall–Kier alpha value is -2.74. The number of carbonyl (C=O) groups excluding carboxylic acids is 1. The highest BCUT2D eigenvalue weighted by molar-refractivity contribution is 7.99. The molecule has 0 N–H and O–H groups in total. The molecule has 0 aliphatic heterocycles. The summed E-state index contributed by atoms with van der Waals surface area (Å²) in [6.07, 6.45) is 0. The van der Waals surface area contributed by atoms with Crippen LogP contribution in [-0.4, -0.2) is 35.0 Å². The normalized spacial score (nSPS) is 12.0. The van der Waals surface area contributed by atoms with Crippen molar-refractivity contribution >= 4 is 17.7 Å². The van der Waals surface area contributed by atoms with Crippen LogP contribution in [0.5, 0.6) is 5.75 Å². The molecule has 136 valence electrons. The van der Waals surface area contributed by atoms with Gasteiger partial charge in [0.25, 0.3) is 0 Å². The van der Waals surface area contributed by atoms with Gasteiger partial charge >= 0.3 is 5.97 Å². The lowest BCUT2D eigenvalue weighted by atomic mass is 10.2. The second kappa shape index (κ2) is 7.65. The number of esters is 1. The Kier molecular flexibility index (Phi) is 5.32. The molecule has 2 heterocycles. The van der Waals surface area contributed by atoms with Gasteiger partial charge in [0.2, 0.25) is 5.76 Å². The molecular weight excluding hydrogens is 354 g/mol. The Balaban J connectivity index is 1.77. The topological polar surface area (TPSA) is 79.4 Å². The van der Waals surface area contributed by atoms with Gasteiger partial charge in [-0.1, -0.05) is 11.8 Å². The minimum atomic E-state index is -0.492. The van der Waals surface area contributed by atoms with Crippen molar-refractivity contribution in [2.45, 2.75) is 17.3 Å². The number of hydrogen-bond acceptors (Lipinski definition) is 7. The highest BCUT2D eigenvalue weighted by Crippen LogP contribution is 2.35. The van der Waals surface area contributed by atoms with Crippen molar-refractivity contribution in [2.24, 2.45) is 7.05 Å². The largest absolute Gasteiger partial charge is 0.497 e. The van der Waals surface area contributed by atoms with Crippen LogP contribution in [-0.2, 0) is 11.8 Å². The van der Waals surface area contributed by atoms with Crippen LogP contribution in [0.15, 0.2) is 46.0 Å². The smallest absolute Gasteiger partial charge is 0.373 e. The molecule has 0 fully saturated rings. The minimum absolute atomic E-state index is 0.0416. The van der Waals surface area contributed by atoms with E-state index in [0.29, 0.717) is 5.76 Å². The van der Waals surface area contributed by atoms with Gasteiger partial charge in [0.1, 0.15) is 11.5 Å². The van der Waals surface area contributed by atoms with E-state index in [1.165, 1.54) is 18.9 Å². The molecule has 1 aromatic carbocycles. The van der Waals surface area contributed by atoms with Crippen molar-refractivity contribution < 1.29 is 18.7 Å². The first-order valence-electron chi connectivity index (χ1n) is 7.92. The summed E-state index contributed by atoms with van der Waals surface area (Å²) < 4.78 is 17.3. The zero-order valence-electron chi connectivity index (χ0n) is 14.9. The summed E-state index contributed by atoms with van der Waals surface area (Å²) in [6, 6.07) is 11.0. The molecule has 26 heavy (non-hydrogen) atoms. The van der Waals surface area contributed by atoms with E-state index in [1.54, 1.807) is 19.2 Å². The maximum absolute atomic E-state index is 11.5. The Bertz CT molecular complexity index is 902. The maximum Gasteiger partial charge on any atom is 0.373 e. The van der Waals surface area contributed by atoms with Crippen molar-refractivity contribution in [3.63, 3.8) is 0 Å². The lowest BCUT2D eigenvalue weighted by molar-refractivity contribution is 0.0563. The van der Waals surface area contributed by atoms with Crippen LogP contribution in [0.4, 0.5) is 0 Å². The van der Waals surface area contributed by atoms with E-state index in [0.717, 1.165) is 22.3 Å². The lowest BCUT2D eigenvalue weighted by Crippen LogP contribution is -1.99. The Morgan fingerprint density at radius 1 is 1.15 bits per heavy atom. The maximum atomic E-state index is 11.5. The third kappa shape index (κ3) is 3.60. The number of methoxy groups -OCH3 is 2. The summed E-state index contributed by atoms with van der Waals surface area (Å²) in [7, 11) is 4.87. The number of rotatable bonds is 6. The zero-order chi connectivity index (χ0) is 18.7. The molecule has 7 nitrogen and oxygen atoms in total. The summed E-state index contributed by atoms with van der Waals surface area (Å²) in [5, 5.41) is 9.26. The van der Waals surface area contributed by atoms with Crippen LogP contribution in [0.1, 0.15) is 28.5 Å². The second-order valence-electron chi connectivity index (χ2n) is 5.55. The van der Waals surface area contributed by atoms with Crippen LogP contribution in [0.25, 0.3) is 11.4 Å². The quantitative estimate of drug-likeness (QED) is 0.481. The highest BCUT2D eigenvalue weighted by Gasteiger charge is 2.19. The second-order valence-corrected chi connectivity index (χ2v) is 6.86. The van der Waals surface area contributed by atoms with Gasteiger partial charge < -0.3 is 18.5 Å². The van der Waals surface area contributed by atoms with Crippen molar-refractivity contribution in [1.82, 2.24) is 14.8 Å². The SMILES string of the molecule is COC(=O)c1ccc(C(C)Sc2nnc(-c3ccc(OC)cc3)n2C)o1. The first-order chi connectivity index (χ1) is 12.5. The zero-order valence-corrected chi connectivity index (χ0v) is 15.7. The van der Waals surface area contributed by atoms with E-state index in [2.05, 4.69) is 14.9 Å². The van der Waals surface area contributed by atoms with Crippen molar-refractivity contribution in [3.8, 4) is 17.1 Å². The summed E-state index contributed by atoms with van der Waals surface area (Å²) >= 11 is 1.50. The van der Waals surface area contributed by atoms with E-state index >= 15 is 0 Å². The Morgan fingerprint density at radius 3 is 2.54 bits per heavy atom. The number of furan rings is 1. The number of aromatic nitrogens is 3. The monoisotopic (exact) mass is 373 g/mol. The van der Waals surface area contributed by atoms with E-state index in [4.69, 9.17) is 9.15 Å². The van der Waals surface area contributed by atoms with Crippen LogP contribution < -0.4 is 4.74 Å². The van der Waals surface area contributed by atoms with Crippen molar-refractivity contribution in [1.29, 1.82) is 0 Å². The van der Waals surface area contributed by atoms with Gasteiger partial charge in [-0.15, -0.1) is 10.2 Å². The predicted octanol–water partition coefficient (Wildman–Crippen LogP) is 3.72. The molecule has 1 atom stereocenters. The van der Waals surface area contributed by atoms with E-state index < -0.39 is 5.97 Å². The molecule has 0 saturated carbocycles. The van der Waals surface area contributed by atoms with Gasteiger partial charge in [0.15, 0.2) is 11.0 Å². The fraction of sp³-hybridized carbons (Fsp3) is 0.278. The summed E-state index contributed by atoms with van der Waals surface area (Å²) in [5.74, 6) is 1.92. The van der Waals surface area contributed by atoms with Crippen LogP contribution in [0.3, 0.4) is 0 Å². The lowest BCUT2D eigenvalue weighted by Gasteiger charge is -2.08. The van der Waals surface area contributed by atoms with Gasteiger partial charge in [0, 0.05) is 12.6 Å². The number of nitrogens with zero attached hydrogens (tertiary/aromatic N) is 3. The molecular formula is C18H19N3O4S. The molecule has 0 aliphatic rings. The van der Waals surface area contributed by atoms with Crippen LogP contribution >= 0.6 is 11.8 Å². The number of ether oxygens (including phenoxy) is 2. The molecule has 3 rings (SSSR count). The standard InChI is InChI=1S/C18H19N3O4S/c1-11(14-9-10-15(25-14)17(22)24-4)26-18-20-19-16(21(18)2)12-5-7-13(23-3)8-6-12/h5-11H,1-4H3. The molecule has 3 aromatic rings. The molecule has 8 heteroatoms. The first-order valence-corrected chi connectivity index (χ1v) is 8.80. The Morgan fingerprint density at radius 2 is 1.88 bits per heavy atom. The molecule has 2 aromatic heterocycles. The predicted molar refractivity (Wildman–Crippen MR) is 97.3 cm³/mol. The van der Waals surface area contributed by atoms with Crippen molar-refractivity contribution in [2.75, 3.05) is 14.2 Å². The number of hydrogen-bond donors (Lipinski definition) is 0. The molecule has 0 saturated heterocycles. The average molecular weight is 373 g/mol. The average Bonchev–Trinajstić information content (AvgIpc) is 3.29. The third-order valence-electron chi connectivity index (χ3n) is 3.88. The molecule has 0 spiro atoms. The van der Waals surface area contributed by atoms with Crippen LogP contribution in [0.2, 0.25) is 0 Å². The van der Waals surface area contributed by atoms with Gasteiger partial charge in [-0.2, -0.15) is 0 Å². The number of thioether (sulfide) groups is 1. The fourth-order valence-corrected chi connectivity index (χ4v) is 3.30. The Labute approximate surface area is 155 Å². The molecule has 0 aliphatic carbocycles. The third-order valence-corrected chi connectivity index (χ3v) is 5.03. The summed E-state index contributed by atoms with van der Waals surface area (Å²) in [6.45, 7) is 1.98. The van der Waals surface area contributed by atoms with E-state index in [1.807, 2.05) is 42.8 Å². The molecule has 1 unspecified atom stereocenters. The van der Waals surface area contributed by atoms with Gasteiger partial charge in [-0.3, -0.25) is 0 Å². The number of carbonyl (C=O) groups is 1. The first kappa shape index (κ1) is 18.1. The van der Waals surface area contributed by atoms with Gasteiger partial charge in [-0.25, -0.2) is 4.79 Å². The molecule has 0 radical (unpaired) electrons. The molecule has 0 bridgehead atoms. The summed E-state index contributed by atoms with van der Waals surface area (Å²) in [4.78, 5) is 11.5. The van der Waals surface area contributed by atoms with Gasteiger partial charge in [-0.05, 0) is 43.3 Å². The van der Waals surface area contributed by atoms with Crippen LogP contribution in [0, 0.1) is 0 Å². The fourth-order valence-electron chi connectivity index (χ4n) is 2.41.